The van der Waals surface area contributed by atoms with Crippen LogP contribution >= 0.6 is 11.3 Å². The van der Waals surface area contributed by atoms with E-state index in [1.54, 1.807) is 0 Å². The van der Waals surface area contributed by atoms with E-state index in [-0.39, 0.29) is 0 Å². The van der Waals surface area contributed by atoms with Crippen molar-refractivity contribution < 1.29 is 4.74 Å². The minimum Gasteiger partial charge on any atom is -0.373 e. The average molecular weight is 268 g/mol. The van der Waals surface area contributed by atoms with E-state index in [0.717, 1.165) is 32.7 Å². The Morgan fingerprint density at radius 2 is 2.06 bits per heavy atom. The summed E-state index contributed by atoms with van der Waals surface area (Å²) in [6.07, 6.45) is 0.738. The Kier molecular flexibility index (Phi) is 5.18. The summed E-state index contributed by atoms with van der Waals surface area (Å²) < 4.78 is 5.73. The molecule has 0 saturated carbocycles. The van der Waals surface area contributed by atoms with Crippen molar-refractivity contribution in [3.8, 4) is 0 Å². The van der Waals surface area contributed by atoms with Crippen LogP contribution in [0.3, 0.4) is 0 Å². The third-order valence-corrected chi connectivity index (χ3v) is 4.20. The van der Waals surface area contributed by atoms with Gasteiger partial charge in [0.2, 0.25) is 0 Å². The lowest BCUT2D eigenvalue weighted by Crippen LogP contribution is -2.47. The van der Waals surface area contributed by atoms with E-state index in [2.05, 4.69) is 43.1 Å². The third-order valence-electron chi connectivity index (χ3n) is 3.20. The summed E-state index contributed by atoms with van der Waals surface area (Å²) in [6, 6.07) is 4.40. The van der Waals surface area contributed by atoms with Crippen molar-refractivity contribution in [3.05, 3.63) is 21.9 Å². The molecule has 1 saturated heterocycles. The van der Waals surface area contributed by atoms with Gasteiger partial charge < -0.3 is 10.1 Å². The molecule has 1 aliphatic heterocycles. The van der Waals surface area contributed by atoms with Crippen LogP contribution < -0.4 is 5.32 Å². The Bertz CT molecular complexity index is 356. The number of thiophene rings is 1. The van der Waals surface area contributed by atoms with Gasteiger partial charge in [-0.2, -0.15) is 0 Å². The highest BCUT2D eigenvalue weighted by molar-refractivity contribution is 7.11. The van der Waals surface area contributed by atoms with Crippen molar-refractivity contribution in [2.24, 2.45) is 0 Å². The molecule has 102 valence electrons. The van der Waals surface area contributed by atoms with Gasteiger partial charge in [0.25, 0.3) is 0 Å². The van der Waals surface area contributed by atoms with Crippen molar-refractivity contribution in [1.82, 2.24) is 10.2 Å². The molecular formula is C14H24N2OS. The minimum atomic E-state index is 0.369. The van der Waals surface area contributed by atoms with Crippen molar-refractivity contribution in [2.75, 3.05) is 26.2 Å². The molecule has 1 aliphatic rings. The normalized spacial score (nSPS) is 25.5. The van der Waals surface area contributed by atoms with Crippen LogP contribution in [0.5, 0.6) is 0 Å². The van der Waals surface area contributed by atoms with Crippen LogP contribution in [0.2, 0.25) is 0 Å². The molecular weight excluding hydrogens is 244 g/mol. The SMILES string of the molecule is Cc1ccc(CNCCN2C[C@@H](C)O[C@@H](C)C2)s1. The molecule has 0 spiro atoms. The maximum Gasteiger partial charge on any atom is 0.0678 e. The van der Waals surface area contributed by atoms with Gasteiger partial charge in [0.05, 0.1) is 12.2 Å². The second kappa shape index (κ2) is 6.66. The molecule has 4 heteroatoms. The summed E-state index contributed by atoms with van der Waals surface area (Å²) in [5.41, 5.74) is 0. The quantitative estimate of drug-likeness (QED) is 0.829. The standard InChI is InChI=1S/C14H24N2OS/c1-11-9-16(10-12(2)17-11)7-6-15-8-14-5-4-13(3)18-14/h4-5,11-12,15H,6-10H2,1-3H3/t11-,12+. The molecule has 1 aromatic heterocycles. The number of ether oxygens (including phenoxy) is 1. The molecule has 2 heterocycles. The first-order valence-corrected chi connectivity index (χ1v) is 7.59. The first kappa shape index (κ1) is 14.0. The smallest absolute Gasteiger partial charge is 0.0678 e. The van der Waals surface area contributed by atoms with E-state index in [1.165, 1.54) is 9.75 Å². The van der Waals surface area contributed by atoms with Crippen molar-refractivity contribution >= 4 is 11.3 Å². The number of hydrogen-bond acceptors (Lipinski definition) is 4. The van der Waals surface area contributed by atoms with E-state index >= 15 is 0 Å². The molecule has 2 rings (SSSR count). The molecule has 2 atom stereocenters. The largest absolute Gasteiger partial charge is 0.373 e. The van der Waals surface area contributed by atoms with Gasteiger partial charge in [-0.3, -0.25) is 4.90 Å². The highest BCUT2D eigenvalue weighted by Gasteiger charge is 2.21. The van der Waals surface area contributed by atoms with Gasteiger partial charge in [0.15, 0.2) is 0 Å². The van der Waals surface area contributed by atoms with Crippen molar-refractivity contribution in [1.29, 1.82) is 0 Å². The minimum absolute atomic E-state index is 0.369. The van der Waals surface area contributed by atoms with Crippen LogP contribution in [0, 0.1) is 6.92 Å². The number of rotatable bonds is 5. The van der Waals surface area contributed by atoms with Crippen molar-refractivity contribution in [2.45, 2.75) is 39.5 Å². The lowest BCUT2D eigenvalue weighted by Gasteiger charge is -2.35. The van der Waals surface area contributed by atoms with Crippen LogP contribution in [0.1, 0.15) is 23.6 Å². The average Bonchev–Trinajstić information content (AvgIpc) is 2.69. The molecule has 1 aromatic rings. The molecule has 1 fully saturated rings. The predicted octanol–water partition coefficient (Wildman–Crippen LogP) is 2.26. The van der Waals surface area contributed by atoms with E-state index in [0.29, 0.717) is 12.2 Å². The van der Waals surface area contributed by atoms with E-state index in [9.17, 15) is 0 Å². The first-order valence-electron chi connectivity index (χ1n) is 6.77. The fraction of sp³-hybridized carbons (Fsp3) is 0.714. The molecule has 0 bridgehead atoms. The Labute approximate surface area is 114 Å². The lowest BCUT2D eigenvalue weighted by atomic mass is 10.2. The lowest BCUT2D eigenvalue weighted by molar-refractivity contribution is -0.0674. The Morgan fingerprint density at radius 3 is 2.67 bits per heavy atom. The summed E-state index contributed by atoms with van der Waals surface area (Å²) in [4.78, 5) is 5.31. The Hall–Kier alpha value is -0.420. The monoisotopic (exact) mass is 268 g/mol. The summed E-state index contributed by atoms with van der Waals surface area (Å²) in [5, 5.41) is 3.52. The number of morpholine rings is 1. The zero-order valence-corrected chi connectivity index (χ0v) is 12.4. The van der Waals surface area contributed by atoms with Crippen LogP contribution in [-0.4, -0.2) is 43.3 Å². The number of hydrogen-bond donors (Lipinski definition) is 1. The van der Waals surface area contributed by atoms with Crippen LogP contribution in [0.25, 0.3) is 0 Å². The van der Waals surface area contributed by atoms with Gasteiger partial charge in [-0.05, 0) is 32.9 Å². The fourth-order valence-corrected chi connectivity index (χ4v) is 3.36. The second-order valence-corrected chi connectivity index (χ2v) is 6.58. The first-order chi connectivity index (χ1) is 8.63. The molecule has 1 N–H and O–H groups in total. The van der Waals surface area contributed by atoms with E-state index in [1.807, 2.05) is 11.3 Å². The number of nitrogens with one attached hydrogen (secondary N) is 1. The van der Waals surface area contributed by atoms with Crippen LogP contribution in [-0.2, 0) is 11.3 Å². The van der Waals surface area contributed by atoms with Gasteiger partial charge >= 0.3 is 0 Å². The molecule has 18 heavy (non-hydrogen) atoms. The molecule has 0 unspecified atom stereocenters. The Morgan fingerprint density at radius 1 is 1.33 bits per heavy atom. The highest BCUT2D eigenvalue weighted by Crippen LogP contribution is 2.14. The van der Waals surface area contributed by atoms with Crippen molar-refractivity contribution in [3.63, 3.8) is 0 Å². The maximum atomic E-state index is 5.73. The summed E-state index contributed by atoms with van der Waals surface area (Å²) in [5.74, 6) is 0. The van der Waals surface area contributed by atoms with Crippen LogP contribution in [0.4, 0.5) is 0 Å². The summed E-state index contributed by atoms with van der Waals surface area (Å²) in [7, 11) is 0. The zero-order chi connectivity index (χ0) is 13.0. The number of aryl methyl sites for hydroxylation is 1. The van der Waals surface area contributed by atoms with Gasteiger partial charge in [-0.1, -0.05) is 0 Å². The molecule has 0 aromatic carbocycles. The topological polar surface area (TPSA) is 24.5 Å². The molecule has 0 radical (unpaired) electrons. The van der Waals surface area contributed by atoms with Gasteiger partial charge in [-0.25, -0.2) is 0 Å². The summed E-state index contributed by atoms with van der Waals surface area (Å²) >= 11 is 1.88. The molecule has 0 aliphatic carbocycles. The van der Waals surface area contributed by atoms with E-state index in [4.69, 9.17) is 4.74 Å². The predicted molar refractivity (Wildman–Crippen MR) is 77.2 cm³/mol. The Balaban J connectivity index is 1.63. The van der Waals surface area contributed by atoms with Crippen LogP contribution in [0.15, 0.2) is 12.1 Å². The highest BCUT2D eigenvalue weighted by atomic mass is 32.1. The van der Waals surface area contributed by atoms with Gasteiger partial charge in [0.1, 0.15) is 0 Å². The summed E-state index contributed by atoms with van der Waals surface area (Å²) in [6.45, 7) is 11.8. The number of nitrogens with zero attached hydrogens (tertiary/aromatic N) is 1. The fourth-order valence-electron chi connectivity index (χ4n) is 2.50. The van der Waals surface area contributed by atoms with E-state index < -0.39 is 0 Å². The zero-order valence-electron chi connectivity index (χ0n) is 11.6. The van der Waals surface area contributed by atoms with Gasteiger partial charge in [0, 0.05) is 42.5 Å². The third kappa shape index (κ3) is 4.35. The van der Waals surface area contributed by atoms with Gasteiger partial charge in [-0.15, -0.1) is 11.3 Å². The second-order valence-electron chi connectivity index (χ2n) is 5.21. The molecule has 0 amide bonds. The maximum absolute atomic E-state index is 5.73. The molecule has 3 nitrogen and oxygen atoms in total.